The van der Waals surface area contributed by atoms with Crippen molar-refractivity contribution in [2.75, 3.05) is 26.3 Å². The second-order valence-electron chi connectivity index (χ2n) is 6.06. The molecule has 2 nitrogen and oxygen atoms in total. The summed E-state index contributed by atoms with van der Waals surface area (Å²) in [5.74, 6) is 0. The molecule has 0 bridgehead atoms. The van der Waals surface area contributed by atoms with Gasteiger partial charge < -0.3 is 4.74 Å². The molecule has 0 saturated carbocycles. The summed E-state index contributed by atoms with van der Waals surface area (Å²) in [5.41, 5.74) is 2.02. The standard InChI is InChI=1S/C14H25NO/c1-14(2,3)12-4-6-13(7-5-12)15-8-10-16-11-9-15/h4,13H,5-11H2,1-3H3. The first-order valence-corrected chi connectivity index (χ1v) is 6.58. The molecule has 1 aliphatic carbocycles. The van der Waals surface area contributed by atoms with Crippen LogP contribution in [0.15, 0.2) is 11.6 Å². The van der Waals surface area contributed by atoms with E-state index in [9.17, 15) is 0 Å². The number of rotatable bonds is 1. The quantitative estimate of drug-likeness (QED) is 0.634. The fourth-order valence-corrected chi connectivity index (χ4v) is 2.78. The SMILES string of the molecule is CC(C)(C)C1=CCC(N2CCOCC2)CC1. The lowest BCUT2D eigenvalue weighted by Crippen LogP contribution is -2.44. The van der Waals surface area contributed by atoms with Gasteiger partial charge in [0.2, 0.25) is 0 Å². The summed E-state index contributed by atoms with van der Waals surface area (Å²) in [5, 5.41) is 0. The van der Waals surface area contributed by atoms with Gasteiger partial charge in [0.15, 0.2) is 0 Å². The second-order valence-corrected chi connectivity index (χ2v) is 6.06. The molecule has 0 N–H and O–H groups in total. The van der Waals surface area contributed by atoms with E-state index in [-0.39, 0.29) is 0 Å². The first-order chi connectivity index (χ1) is 7.57. The Morgan fingerprint density at radius 2 is 1.94 bits per heavy atom. The molecule has 1 unspecified atom stereocenters. The van der Waals surface area contributed by atoms with Crippen molar-refractivity contribution in [2.24, 2.45) is 5.41 Å². The van der Waals surface area contributed by atoms with E-state index in [0.717, 1.165) is 32.3 Å². The molecular weight excluding hydrogens is 198 g/mol. The van der Waals surface area contributed by atoms with Crippen molar-refractivity contribution in [3.05, 3.63) is 11.6 Å². The fraction of sp³-hybridized carbons (Fsp3) is 0.857. The molecule has 0 amide bonds. The molecule has 92 valence electrons. The minimum absolute atomic E-state index is 0.371. The van der Waals surface area contributed by atoms with Gasteiger partial charge >= 0.3 is 0 Å². The van der Waals surface area contributed by atoms with Crippen LogP contribution in [0, 0.1) is 5.41 Å². The first kappa shape index (κ1) is 12.1. The van der Waals surface area contributed by atoms with Gasteiger partial charge in [0.25, 0.3) is 0 Å². The Kier molecular flexibility index (Phi) is 3.70. The van der Waals surface area contributed by atoms with Crippen molar-refractivity contribution < 1.29 is 4.74 Å². The number of nitrogens with zero attached hydrogens (tertiary/aromatic N) is 1. The molecule has 2 aliphatic rings. The number of morpholine rings is 1. The monoisotopic (exact) mass is 223 g/mol. The maximum absolute atomic E-state index is 5.41. The summed E-state index contributed by atoms with van der Waals surface area (Å²) < 4.78 is 5.41. The highest BCUT2D eigenvalue weighted by atomic mass is 16.5. The summed E-state index contributed by atoms with van der Waals surface area (Å²) >= 11 is 0. The molecule has 0 spiro atoms. The van der Waals surface area contributed by atoms with Gasteiger partial charge in [0, 0.05) is 19.1 Å². The summed E-state index contributed by atoms with van der Waals surface area (Å²) in [4.78, 5) is 2.61. The minimum Gasteiger partial charge on any atom is -0.379 e. The average molecular weight is 223 g/mol. The van der Waals surface area contributed by atoms with Crippen LogP contribution < -0.4 is 0 Å². The van der Waals surface area contributed by atoms with Gasteiger partial charge in [0.1, 0.15) is 0 Å². The van der Waals surface area contributed by atoms with E-state index in [4.69, 9.17) is 4.74 Å². The average Bonchev–Trinajstić information content (AvgIpc) is 2.29. The van der Waals surface area contributed by atoms with Gasteiger partial charge in [-0.2, -0.15) is 0 Å². The Morgan fingerprint density at radius 3 is 2.44 bits per heavy atom. The van der Waals surface area contributed by atoms with E-state index in [2.05, 4.69) is 31.7 Å². The van der Waals surface area contributed by atoms with Gasteiger partial charge in [0.05, 0.1) is 13.2 Å². The zero-order valence-electron chi connectivity index (χ0n) is 11.0. The van der Waals surface area contributed by atoms with E-state index in [1.54, 1.807) is 5.57 Å². The largest absolute Gasteiger partial charge is 0.379 e. The van der Waals surface area contributed by atoms with Crippen LogP contribution in [0.5, 0.6) is 0 Å². The highest BCUT2D eigenvalue weighted by Gasteiger charge is 2.26. The van der Waals surface area contributed by atoms with E-state index in [1.165, 1.54) is 19.3 Å². The Bertz CT molecular complexity index is 258. The molecule has 16 heavy (non-hydrogen) atoms. The molecule has 1 saturated heterocycles. The smallest absolute Gasteiger partial charge is 0.0594 e. The van der Waals surface area contributed by atoms with E-state index >= 15 is 0 Å². The number of hydrogen-bond acceptors (Lipinski definition) is 2. The first-order valence-electron chi connectivity index (χ1n) is 6.58. The van der Waals surface area contributed by atoms with Crippen molar-refractivity contribution in [3.8, 4) is 0 Å². The Morgan fingerprint density at radius 1 is 1.25 bits per heavy atom. The molecule has 1 atom stereocenters. The van der Waals surface area contributed by atoms with Crippen LogP contribution in [0.4, 0.5) is 0 Å². The van der Waals surface area contributed by atoms with Crippen molar-refractivity contribution in [1.29, 1.82) is 0 Å². The van der Waals surface area contributed by atoms with Crippen molar-refractivity contribution in [2.45, 2.75) is 46.1 Å². The summed E-state index contributed by atoms with van der Waals surface area (Å²) in [7, 11) is 0. The molecule has 2 rings (SSSR count). The predicted octanol–water partition coefficient (Wildman–Crippen LogP) is 2.84. The molecule has 0 aromatic carbocycles. The van der Waals surface area contributed by atoms with Gasteiger partial charge in [-0.1, -0.05) is 32.4 Å². The fourth-order valence-electron chi connectivity index (χ4n) is 2.78. The topological polar surface area (TPSA) is 12.5 Å². The van der Waals surface area contributed by atoms with Crippen LogP contribution in [-0.4, -0.2) is 37.2 Å². The summed E-state index contributed by atoms with van der Waals surface area (Å²) in [6.07, 6.45) is 6.35. The van der Waals surface area contributed by atoms with Crippen LogP contribution in [0.25, 0.3) is 0 Å². The Hall–Kier alpha value is -0.340. The molecule has 0 aromatic heterocycles. The zero-order valence-corrected chi connectivity index (χ0v) is 11.0. The van der Waals surface area contributed by atoms with Crippen molar-refractivity contribution in [1.82, 2.24) is 4.90 Å². The molecule has 1 fully saturated rings. The van der Waals surface area contributed by atoms with Crippen LogP contribution in [0.1, 0.15) is 40.0 Å². The van der Waals surface area contributed by atoms with Crippen molar-refractivity contribution in [3.63, 3.8) is 0 Å². The normalized spacial score (nSPS) is 28.9. The highest BCUT2D eigenvalue weighted by molar-refractivity contribution is 5.15. The zero-order chi connectivity index (χ0) is 11.6. The highest BCUT2D eigenvalue weighted by Crippen LogP contribution is 2.34. The Labute approximate surface area is 99.7 Å². The van der Waals surface area contributed by atoms with Crippen LogP contribution in [0.2, 0.25) is 0 Å². The lowest BCUT2D eigenvalue weighted by Gasteiger charge is -2.38. The lowest BCUT2D eigenvalue weighted by molar-refractivity contribution is 0.0141. The third kappa shape index (κ3) is 2.86. The molecule has 1 aliphatic heterocycles. The van der Waals surface area contributed by atoms with Gasteiger partial charge in [-0.15, -0.1) is 0 Å². The predicted molar refractivity (Wildman–Crippen MR) is 67.6 cm³/mol. The Balaban J connectivity index is 1.91. The van der Waals surface area contributed by atoms with Gasteiger partial charge in [-0.3, -0.25) is 4.90 Å². The molecule has 1 heterocycles. The van der Waals surface area contributed by atoms with Crippen LogP contribution in [0.3, 0.4) is 0 Å². The summed E-state index contributed by atoms with van der Waals surface area (Å²) in [6, 6.07) is 0.773. The van der Waals surface area contributed by atoms with Crippen LogP contribution in [-0.2, 0) is 4.74 Å². The molecule has 0 radical (unpaired) electrons. The third-order valence-corrected chi connectivity index (χ3v) is 3.91. The van der Waals surface area contributed by atoms with Crippen molar-refractivity contribution >= 4 is 0 Å². The van der Waals surface area contributed by atoms with E-state index in [1.807, 2.05) is 0 Å². The lowest BCUT2D eigenvalue weighted by atomic mass is 9.79. The van der Waals surface area contributed by atoms with Crippen LogP contribution >= 0.6 is 0 Å². The van der Waals surface area contributed by atoms with Gasteiger partial charge in [-0.25, -0.2) is 0 Å². The molecular formula is C14H25NO. The minimum atomic E-state index is 0.371. The number of ether oxygens (including phenoxy) is 1. The molecule has 0 aromatic rings. The number of allylic oxidation sites excluding steroid dienone is 1. The third-order valence-electron chi connectivity index (χ3n) is 3.91. The van der Waals surface area contributed by atoms with Gasteiger partial charge in [-0.05, 0) is 24.7 Å². The second kappa shape index (κ2) is 4.89. The summed E-state index contributed by atoms with van der Waals surface area (Å²) in [6.45, 7) is 11.1. The van der Waals surface area contributed by atoms with E-state index in [0.29, 0.717) is 5.41 Å². The maximum atomic E-state index is 5.41. The molecule has 2 heteroatoms. The number of hydrogen-bond donors (Lipinski definition) is 0. The van der Waals surface area contributed by atoms with E-state index < -0.39 is 0 Å². The maximum Gasteiger partial charge on any atom is 0.0594 e.